The number of benzene rings is 5. The predicted molar refractivity (Wildman–Crippen MR) is 145 cm³/mol. The molecule has 0 radical (unpaired) electrons. The van der Waals surface area contributed by atoms with E-state index in [0.29, 0.717) is 5.56 Å². The van der Waals surface area contributed by atoms with E-state index in [1.807, 2.05) is 30.6 Å². The summed E-state index contributed by atoms with van der Waals surface area (Å²) in [6, 6.07) is 45.9. The summed E-state index contributed by atoms with van der Waals surface area (Å²) in [6.45, 7) is 0. The van der Waals surface area contributed by atoms with Crippen LogP contribution in [0.25, 0.3) is 22.2 Å². The molecule has 5 aromatic carbocycles. The van der Waals surface area contributed by atoms with Crippen LogP contribution in [0.5, 0.6) is 0 Å². The average molecular weight is 465 g/mol. The van der Waals surface area contributed by atoms with Crippen molar-refractivity contribution in [2.75, 3.05) is 0 Å². The van der Waals surface area contributed by atoms with Gasteiger partial charge in [0.05, 0.1) is 17.4 Å². The Bertz CT molecular complexity index is 1520. The van der Waals surface area contributed by atoms with E-state index in [1.165, 1.54) is 0 Å². The molecule has 3 heteroatoms. The van der Waals surface area contributed by atoms with Crippen LogP contribution in [0.15, 0.2) is 140 Å². The standard InChI is InChI=1S/C33H24N2O/c36-23-25-16-18-26(19-17-25)27-20-21-32-31(22-27)34-24-35(32)33(28-10-4-1-5-11-28,29-12-6-2-7-13-29)30-14-8-3-9-15-30/h1-24H. The van der Waals surface area contributed by atoms with Gasteiger partial charge < -0.3 is 4.57 Å². The normalized spacial score (nSPS) is 11.4. The van der Waals surface area contributed by atoms with Crippen LogP contribution < -0.4 is 0 Å². The van der Waals surface area contributed by atoms with E-state index in [4.69, 9.17) is 4.98 Å². The van der Waals surface area contributed by atoms with Crippen molar-refractivity contribution in [1.82, 2.24) is 9.55 Å². The molecule has 0 saturated carbocycles. The van der Waals surface area contributed by atoms with Crippen LogP contribution in [0.3, 0.4) is 0 Å². The van der Waals surface area contributed by atoms with Crippen molar-refractivity contribution in [2.45, 2.75) is 5.54 Å². The molecular weight excluding hydrogens is 440 g/mol. The Labute approximate surface area is 210 Å². The van der Waals surface area contributed by atoms with Crippen molar-refractivity contribution in [2.24, 2.45) is 0 Å². The minimum Gasteiger partial charge on any atom is -0.312 e. The number of carbonyl (C=O) groups excluding carboxylic acids is 1. The predicted octanol–water partition coefficient (Wildman–Crippen LogP) is 7.36. The molecule has 1 aromatic heterocycles. The Hall–Kier alpha value is -4.76. The topological polar surface area (TPSA) is 34.9 Å². The van der Waals surface area contributed by atoms with Gasteiger partial charge in [0.25, 0.3) is 0 Å². The van der Waals surface area contributed by atoms with Crippen LogP contribution in [0.1, 0.15) is 27.0 Å². The Kier molecular flexibility index (Phi) is 5.51. The fraction of sp³-hybridized carbons (Fsp3) is 0.0303. The number of carbonyl (C=O) groups is 1. The first kappa shape index (κ1) is 21.8. The largest absolute Gasteiger partial charge is 0.312 e. The Morgan fingerprint density at radius 2 is 1.08 bits per heavy atom. The Morgan fingerprint density at radius 1 is 0.583 bits per heavy atom. The highest BCUT2D eigenvalue weighted by Gasteiger charge is 2.39. The van der Waals surface area contributed by atoms with Gasteiger partial charge >= 0.3 is 0 Å². The van der Waals surface area contributed by atoms with Crippen LogP contribution in [0.2, 0.25) is 0 Å². The van der Waals surface area contributed by atoms with E-state index in [-0.39, 0.29) is 0 Å². The van der Waals surface area contributed by atoms with E-state index in [2.05, 4.69) is 114 Å². The summed E-state index contributed by atoms with van der Waals surface area (Å²) in [7, 11) is 0. The molecule has 0 aliphatic heterocycles. The van der Waals surface area contributed by atoms with Crippen LogP contribution in [-0.4, -0.2) is 15.8 Å². The number of fused-ring (bicyclic) bond motifs is 1. The van der Waals surface area contributed by atoms with E-state index < -0.39 is 5.54 Å². The molecule has 3 nitrogen and oxygen atoms in total. The molecule has 0 amide bonds. The SMILES string of the molecule is O=Cc1ccc(-c2ccc3c(c2)ncn3C(c2ccccc2)(c2ccccc2)c2ccccc2)cc1. The highest BCUT2D eigenvalue weighted by molar-refractivity contribution is 5.84. The number of aldehydes is 1. The zero-order valence-electron chi connectivity index (χ0n) is 19.7. The van der Waals surface area contributed by atoms with E-state index >= 15 is 0 Å². The lowest BCUT2D eigenvalue weighted by Crippen LogP contribution is -2.37. The van der Waals surface area contributed by atoms with Gasteiger partial charge in [-0.1, -0.05) is 121 Å². The van der Waals surface area contributed by atoms with Gasteiger partial charge in [-0.3, -0.25) is 4.79 Å². The van der Waals surface area contributed by atoms with Gasteiger partial charge in [0, 0.05) is 5.56 Å². The molecule has 172 valence electrons. The molecule has 0 N–H and O–H groups in total. The lowest BCUT2D eigenvalue weighted by Gasteiger charge is -2.38. The molecule has 0 atom stereocenters. The Morgan fingerprint density at radius 3 is 1.58 bits per heavy atom. The van der Waals surface area contributed by atoms with E-state index in [0.717, 1.165) is 45.1 Å². The highest BCUT2D eigenvalue weighted by Crippen LogP contribution is 2.42. The minimum atomic E-state index is -0.606. The molecule has 0 fully saturated rings. The van der Waals surface area contributed by atoms with Crippen LogP contribution in [0, 0.1) is 0 Å². The first-order chi connectivity index (χ1) is 17.8. The van der Waals surface area contributed by atoms with E-state index in [9.17, 15) is 4.79 Å². The molecule has 6 rings (SSSR count). The number of hydrogen-bond acceptors (Lipinski definition) is 2. The summed E-state index contributed by atoms with van der Waals surface area (Å²) in [5, 5.41) is 0. The van der Waals surface area contributed by atoms with Crippen molar-refractivity contribution in [1.29, 1.82) is 0 Å². The zero-order chi connectivity index (χ0) is 24.4. The van der Waals surface area contributed by atoms with Crippen LogP contribution in [-0.2, 0) is 5.54 Å². The fourth-order valence-electron chi connectivity index (χ4n) is 5.17. The molecule has 6 aromatic rings. The van der Waals surface area contributed by atoms with Crippen molar-refractivity contribution in [3.8, 4) is 11.1 Å². The quantitative estimate of drug-likeness (QED) is 0.191. The molecule has 0 unspecified atom stereocenters. The molecular formula is C33H24N2O. The summed E-state index contributed by atoms with van der Waals surface area (Å²) in [4.78, 5) is 16.0. The molecule has 0 bridgehead atoms. The number of hydrogen-bond donors (Lipinski definition) is 0. The number of rotatable bonds is 6. The maximum Gasteiger partial charge on any atom is 0.150 e. The summed E-state index contributed by atoms with van der Waals surface area (Å²) in [5.74, 6) is 0. The first-order valence-electron chi connectivity index (χ1n) is 12.0. The van der Waals surface area contributed by atoms with Gasteiger partial charge in [0.1, 0.15) is 11.8 Å². The third-order valence-electron chi connectivity index (χ3n) is 6.86. The molecule has 0 aliphatic carbocycles. The second-order valence-electron chi connectivity index (χ2n) is 8.87. The van der Waals surface area contributed by atoms with Gasteiger partial charge in [0.15, 0.2) is 0 Å². The average Bonchev–Trinajstić information content (AvgIpc) is 3.39. The number of imidazole rings is 1. The minimum absolute atomic E-state index is 0.606. The molecule has 0 saturated heterocycles. The maximum absolute atomic E-state index is 11.1. The van der Waals surface area contributed by atoms with Crippen molar-refractivity contribution < 1.29 is 4.79 Å². The maximum atomic E-state index is 11.1. The first-order valence-corrected chi connectivity index (χ1v) is 12.0. The van der Waals surface area contributed by atoms with Gasteiger partial charge in [-0.05, 0) is 39.9 Å². The van der Waals surface area contributed by atoms with Crippen molar-refractivity contribution in [3.63, 3.8) is 0 Å². The summed E-state index contributed by atoms with van der Waals surface area (Å²) in [5.41, 5.74) is 7.63. The summed E-state index contributed by atoms with van der Waals surface area (Å²) < 4.78 is 2.29. The molecule has 0 aliphatic rings. The molecule has 1 heterocycles. The monoisotopic (exact) mass is 464 g/mol. The molecule has 36 heavy (non-hydrogen) atoms. The summed E-state index contributed by atoms with van der Waals surface area (Å²) >= 11 is 0. The van der Waals surface area contributed by atoms with Gasteiger partial charge in [-0.2, -0.15) is 0 Å². The number of aromatic nitrogens is 2. The smallest absolute Gasteiger partial charge is 0.150 e. The van der Waals surface area contributed by atoms with Gasteiger partial charge in [-0.15, -0.1) is 0 Å². The van der Waals surface area contributed by atoms with Crippen LogP contribution >= 0.6 is 0 Å². The highest BCUT2D eigenvalue weighted by atomic mass is 16.1. The van der Waals surface area contributed by atoms with Crippen molar-refractivity contribution in [3.05, 3.63) is 162 Å². The molecule has 0 spiro atoms. The van der Waals surface area contributed by atoms with E-state index in [1.54, 1.807) is 0 Å². The van der Waals surface area contributed by atoms with Crippen LogP contribution in [0.4, 0.5) is 0 Å². The second kappa shape index (κ2) is 9.12. The lowest BCUT2D eigenvalue weighted by molar-refractivity contribution is 0.112. The third kappa shape index (κ3) is 3.53. The fourth-order valence-corrected chi connectivity index (χ4v) is 5.17. The lowest BCUT2D eigenvalue weighted by atomic mass is 9.76. The zero-order valence-corrected chi connectivity index (χ0v) is 19.7. The van der Waals surface area contributed by atoms with Gasteiger partial charge in [-0.25, -0.2) is 4.98 Å². The van der Waals surface area contributed by atoms with Crippen molar-refractivity contribution >= 4 is 17.3 Å². The Balaban J connectivity index is 1.62. The van der Waals surface area contributed by atoms with Gasteiger partial charge in [0.2, 0.25) is 0 Å². The third-order valence-corrected chi connectivity index (χ3v) is 6.86. The number of nitrogens with zero attached hydrogens (tertiary/aromatic N) is 2. The summed E-state index contributed by atoms with van der Waals surface area (Å²) in [6.07, 6.45) is 2.82. The second-order valence-corrected chi connectivity index (χ2v) is 8.87.